The zero-order chi connectivity index (χ0) is 21.1. The van der Waals surface area contributed by atoms with E-state index in [4.69, 9.17) is 0 Å². The minimum atomic E-state index is -3.73. The highest BCUT2D eigenvalue weighted by Crippen LogP contribution is 2.29. The maximum atomic E-state index is 12.9. The Labute approximate surface area is 181 Å². The number of anilines is 1. The molecular formula is C24H22N2O2S2. The van der Waals surface area contributed by atoms with Gasteiger partial charge in [0.2, 0.25) is 0 Å². The van der Waals surface area contributed by atoms with Gasteiger partial charge in [0.25, 0.3) is 10.0 Å². The van der Waals surface area contributed by atoms with Crippen LogP contribution in [0, 0.1) is 0 Å². The van der Waals surface area contributed by atoms with Gasteiger partial charge >= 0.3 is 0 Å². The van der Waals surface area contributed by atoms with Crippen molar-refractivity contribution in [2.45, 2.75) is 24.7 Å². The van der Waals surface area contributed by atoms with Crippen molar-refractivity contribution in [2.75, 3.05) is 4.72 Å². The van der Waals surface area contributed by atoms with Crippen LogP contribution in [0.1, 0.15) is 25.3 Å². The fraction of sp³-hybridized carbons (Fsp3) is 0.125. The molecule has 0 saturated carbocycles. The van der Waals surface area contributed by atoms with E-state index in [1.807, 2.05) is 53.9 Å². The van der Waals surface area contributed by atoms with Crippen LogP contribution in [0.4, 0.5) is 5.13 Å². The quantitative estimate of drug-likeness (QED) is 0.382. The number of hydrogen-bond donors (Lipinski definition) is 1. The van der Waals surface area contributed by atoms with E-state index in [1.54, 1.807) is 18.2 Å². The minimum Gasteiger partial charge on any atom is -0.255 e. The lowest BCUT2D eigenvalue weighted by molar-refractivity contribution is 0.601. The average molecular weight is 435 g/mol. The first-order valence-electron chi connectivity index (χ1n) is 9.66. The highest BCUT2D eigenvalue weighted by Gasteiger charge is 2.17. The molecule has 1 N–H and O–H groups in total. The number of rotatable bonds is 6. The van der Waals surface area contributed by atoms with Gasteiger partial charge in [-0.3, -0.25) is 4.72 Å². The van der Waals surface area contributed by atoms with E-state index in [-0.39, 0.29) is 4.90 Å². The molecule has 0 aliphatic rings. The Hall–Kier alpha value is -2.96. The zero-order valence-corrected chi connectivity index (χ0v) is 18.4. The molecule has 0 unspecified atom stereocenters. The molecule has 0 saturated heterocycles. The summed E-state index contributed by atoms with van der Waals surface area (Å²) in [6.07, 6.45) is 0. The summed E-state index contributed by atoms with van der Waals surface area (Å²) in [5.41, 5.74) is 4.80. The summed E-state index contributed by atoms with van der Waals surface area (Å²) < 4.78 is 28.4. The van der Waals surface area contributed by atoms with Crippen molar-refractivity contribution in [2.24, 2.45) is 0 Å². The number of benzene rings is 3. The Morgan fingerprint density at radius 3 is 2.23 bits per heavy atom. The molecule has 1 aromatic heterocycles. The van der Waals surface area contributed by atoms with Gasteiger partial charge < -0.3 is 0 Å². The van der Waals surface area contributed by atoms with Crippen LogP contribution < -0.4 is 4.72 Å². The number of thiazole rings is 1. The average Bonchev–Trinajstić information content (AvgIpc) is 3.22. The van der Waals surface area contributed by atoms with Gasteiger partial charge in [-0.05, 0) is 34.7 Å². The Morgan fingerprint density at radius 2 is 1.53 bits per heavy atom. The van der Waals surface area contributed by atoms with Crippen molar-refractivity contribution in [1.82, 2.24) is 4.98 Å². The maximum Gasteiger partial charge on any atom is 0.263 e. The minimum absolute atomic E-state index is 0.210. The largest absolute Gasteiger partial charge is 0.263 e. The van der Waals surface area contributed by atoms with E-state index in [9.17, 15) is 8.42 Å². The summed E-state index contributed by atoms with van der Waals surface area (Å²) >= 11 is 1.28. The van der Waals surface area contributed by atoms with Crippen molar-refractivity contribution < 1.29 is 8.42 Å². The normalized spacial score (nSPS) is 11.6. The fourth-order valence-electron chi connectivity index (χ4n) is 3.14. The second-order valence-corrected chi connectivity index (χ2v) is 9.85. The second-order valence-electron chi connectivity index (χ2n) is 7.31. The standard InChI is InChI=1S/C24H22N2O2S2/c1-17(2)18-11-13-20(14-12-18)23-16-29-24(25-23)26-30(27,28)22-10-6-9-21(15-22)19-7-4-3-5-8-19/h3-17H,1-2H3,(H,25,26). The highest BCUT2D eigenvalue weighted by atomic mass is 32.2. The van der Waals surface area contributed by atoms with Crippen LogP contribution in [0.25, 0.3) is 22.4 Å². The first-order chi connectivity index (χ1) is 14.4. The summed E-state index contributed by atoms with van der Waals surface area (Å²) in [5, 5.41) is 2.21. The van der Waals surface area contributed by atoms with Crippen LogP contribution in [-0.4, -0.2) is 13.4 Å². The third kappa shape index (κ3) is 4.45. The summed E-state index contributed by atoms with van der Waals surface area (Å²) in [6, 6.07) is 24.8. The Balaban J connectivity index is 1.56. The predicted molar refractivity (Wildman–Crippen MR) is 124 cm³/mol. The molecule has 3 aromatic carbocycles. The monoisotopic (exact) mass is 434 g/mol. The molecule has 0 aliphatic carbocycles. The van der Waals surface area contributed by atoms with E-state index in [2.05, 4.69) is 35.7 Å². The molecule has 6 heteroatoms. The van der Waals surface area contributed by atoms with E-state index < -0.39 is 10.0 Å². The molecule has 4 nitrogen and oxygen atoms in total. The zero-order valence-electron chi connectivity index (χ0n) is 16.7. The Morgan fingerprint density at radius 1 is 0.833 bits per heavy atom. The fourth-order valence-corrected chi connectivity index (χ4v) is 5.16. The molecule has 0 bridgehead atoms. The summed E-state index contributed by atoms with van der Waals surface area (Å²) in [6.45, 7) is 4.30. The van der Waals surface area contributed by atoms with Gasteiger partial charge in [-0.1, -0.05) is 80.6 Å². The molecule has 0 atom stereocenters. The van der Waals surface area contributed by atoms with Crippen LogP contribution in [0.5, 0.6) is 0 Å². The second kappa shape index (κ2) is 8.42. The van der Waals surface area contributed by atoms with Crippen LogP contribution in [0.3, 0.4) is 0 Å². The molecular weight excluding hydrogens is 412 g/mol. The first kappa shape index (κ1) is 20.3. The molecule has 1 heterocycles. The molecule has 0 amide bonds. The van der Waals surface area contributed by atoms with Crippen molar-refractivity contribution in [3.8, 4) is 22.4 Å². The molecule has 0 aliphatic heterocycles. The van der Waals surface area contributed by atoms with Gasteiger partial charge in [0.15, 0.2) is 5.13 Å². The van der Waals surface area contributed by atoms with Crippen molar-refractivity contribution in [3.63, 3.8) is 0 Å². The molecule has 0 spiro atoms. The Kier molecular flexibility index (Phi) is 5.70. The molecule has 152 valence electrons. The van der Waals surface area contributed by atoms with E-state index in [0.717, 1.165) is 22.4 Å². The third-order valence-corrected chi connectivity index (χ3v) is 7.07. The van der Waals surface area contributed by atoms with Gasteiger partial charge in [0, 0.05) is 10.9 Å². The van der Waals surface area contributed by atoms with Crippen LogP contribution in [0.2, 0.25) is 0 Å². The summed E-state index contributed by atoms with van der Waals surface area (Å²) in [5.74, 6) is 0.462. The van der Waals surface area contributed by atoms with Gasteiger partial charge in [-0.25, -0.2) is 13.4 Å². The van der Waals surface area contributed by atoms with Gasteiger partial charge in [-0.15, -0.1) is 11.3 Å². The SMILES string of the molecule is CC(C)c1ccc(-c2csc(NS(=O)(=O)c3cccc(-c4ccccc4)c3)n2)cc1. The van der Waals surface area contributed by atoms with Crippen molar-refractivity contribution in [1.29, 1.82) is 0 Å². The number of hydrogen-bond acceptors (Lipinski definition) is 4. The third-order valence-electron chi connectivity index (χ3n) is 4.85. The lowest BCUT2D eigenvalue weighted by Crippen LogP contribution is -2.12. The lowest BCUT2D eigenvalue weighted by atomic mass is 10.0. The lowest BCUT2D eigenvalue weighted by Gasteiger charge is -2.08. The highest BCUT2D eigenvalue weighted by molar-refractivity contribution is 7.93. The van der Waals surface area contributed by atoms with Crippen LogP contribution in [0.15, 0.2) is 89.1 Å². The topological polar surface area (TPSA) is 59.1 Å². The molecule has 0 fully saturated rings. The predicted octanol–water partition coefficient (Wildman–Crippen LogP) is 6.40. The van der Waals surface area contributed by atoms with Gasteiger partial charge in [-0.2, -0.15) is 0 Å². The number of nitrogens with one attached hydrogen (secondary N) is 1. The summed E-state index contributed by atoms with van der Waals surface area (Å²) in [7, 11) is -3.73. The molecule has 4 rings (SSSR count). The maximum absolute atomic E-state index is 12.9. The van der Waals surface area contributed by atoms with E-state index in [0.29, 0.717) is 11.0 Å². The molecule has 0 radical (unpaired) electrons. The van der Waals surface area contributed by atoms with E-state index in [1.165, 1.54) is 16.9 Å². The number of sulfonamides is 1. The smallest absolute Gasteiger partial charge is 0.255 e. The van der Waals surface area contributed by atoms with Crippen LogP contribution in [-0.2, 0) is 10.0 Å². The summed E-state index contributed by atoms with van der Waals surface area (Å²) in [4.78, 5) is 4.68. The van der Waals surface area contributed by atoms with Crippen molar-refractivity contribution in [3.05, 3.63) is 89.8 Å². The molecule has 4 aromatic rings. The number of nitrogens with zero attached hydrogens (tertiary/aromatic N) is 1. The van der Waals surface area contributed by atoms with Crippen LogP contribution >= 0.6 is 11.3 Å². The van der Waals surface area contributed by atoms with Crippen molar-refractivity contribution >= 4 is 26.5 Å². The van der Waals surface area contributed by atoms with E-state index >= 15 is 0 Å². The number of aromatic nitrogens is 1. The Bertz CT molecular complexity index is 1250. The van der Waals surface area contributed by atoms with Gasteiger partial charge in [0.1, 0.15) is 0 Å². The molecule has 30 heavy (non-hydrogen) atoms. The first-order valence-corrected chi connectivity index (χ1v) is 12.0. The van der Waals surface area contributed by atoms with Gasteiger partial charge in [0.05, 0.1) is 10.6 Å².